The van der Waals surface area contributed by atoms with Gasteiger partial charge in [0.2, 0.25) is 11.8 Å². The molecule has 0 unspecified atom stereocenters. The smallest absolute Gasteiger partial charge is 0.356 e. The van der Waals surface area contributed by atoms with E-state index in [0.717, 1.165) is 18.4 Å². The molecule has 0 spiro atoms. The standard InChI is InChI=1S/C18H17N3O3/c1-2-12-5-3-6-13(10-9-12)16-20-21-17(23-16)14-7-4-8-15(11-14)18(22)24-19/h3-5,7-11H,2,6,19H2,1H3. The van der Waals surface area contributed by atoms with Gasteiger partial charge < -0.3 is 9.25 Å². The molecule has 1 aliphatic rings. The van der Waals surface area contributed by atoms with Crippen molar-refractivity contribution in [3.8, 4) is 11.5 Å². The van der Waals surface area contributed by atoms with Crippen LogP contribution in [-0.2, 0) is 4.84 Å². The Balaban J connectivity index is 1.89. The van der Waals surface area contributed by atoms with Gasteiger partial charge in [0.05, 0.1) is 5.56 Å². The lowest BCUT2D eigenvalue weighted by atomic mass is 10.1. The average molecular weight is 323 g/mol. The van der Waals surface area contributed by atoms with Gasteiger partial charge in [0.1, 0.15) is 0 Å². The molecule has 0 saturated carbocycles. The van der Waals surface area contributed by atoms with E-state index >= 15 is 0 Å². The predicted molar refractivity (Wildman–Crippen MR) is 89.4 cm³/mol. The number of rotatable bonds is 4. The van der Waals surface area contributed by atoms with Gasteiger partial charge in [-0.2, -0.15) is 5.90 Å². The van der Waals surface area contributed by atoms with Crippen LogP contribution in [0.15, 0.2) is 58.6 Å². The number of benzene rings is 1. The minimum atomic E-state index is -0.620. The van der Waals surface area contributed by atoms with E-state index in [1.54, 1.807) is 24.3 Å². The van der Waals surface area contributed by atoms with Crippen molar-refractivity contribution in [1.82, 2.24) is 10.2 Å². The number of hydrogen-bond donors (Lipinski definition) is 1. The number of carbonyl (C=O) groups excluding carboxylic acids is 1. The molecule has 0 amide bonds. The zero-order chi connectivity index (χ0) is 16.9. The Hall–Kier alpha value is -2.99. The summed E-state index contributed by atoms with van der Waals surface area (Å²) in [4.78, 5) is 15.7. The number of nitrogens with two attached hydrogens (primary N) is 1. The maximum absolute atomic E-state index is 11.5. The lowest BCUT2D eigenvalue weighted by molar-refractivity contribution is 0.0503. The largest absolute Gasteiger partial charge is 0.416 e. The highest BCUT2D eigenvalue weighted by Gasteiger charge is 2.14. The third kappa shape index (κ3) is 3.33. The maximum Gasteiger partial charge on any atom is 0.356 e. The van der Waals surface area contributed by atoms with E-state index in [1.165, 1.54) is 5.57 Å². The fourth-order valence-corrected chi connectivity index (χ4v) is 2.38. The van der Waals surface area contributed by atoms with Crippen LogP contribution in [0.2, 0.25) is 0 Å². The highest BCUT2D eigenvalue weighted by atomic mass is 16.7. The molecule has 122 valence electrons. The molecular formula is C18H17N3O3. The van der Waals surface area contributed by atoms with E-state index < -0.39 is 5.97 Å². The number of nitrogens with zero attached hydrogens (tertiary/aromatic N) is 2. The van der Waals surface area contributed by atoms with Crippen molar-refractivity contribution in [2.45, 2.75) is 19.8 Å². The van der Waals surface area contributed by atoms with Crippen LogP contribution in [0.5, 0.6) is 0 Å². The van der Waals surface area contributed by atoms with Crippen LogP contribution in [-0.4, -0.2) is 16.2 Å². The van der Waals surface area contributed by atoms with E-state index in [-0.39, 0.29) is 0 Å². The molecule has 1 aliphatic carbocycles. The topological polar surface area (TPSA) is 91.2 Å². The van der Waals surface area contributed by atoms with Crippen molar-refractivity contribution < 1.29 is 14.0 Å². The summed E-state index contributed by atoms with van der Waals surface area (Å²) in [6.45, 7) is 2.11. The van der Waals surface area contributed by atoms with Gasteiger partial charge in [-0.15, -0.1) is 10.2 Å². The van der Waals surface area contributed by atoms with Crippen molar-refractivity contribution in [2.75, 3.05) is 0 Å². The maximum atomic E-state index is 11.5. The molecule has 24 heavy (non-hydrogen) atoms. The van der Waals surface area contributed by atoms with Gasteiger partial charge in [0.25, 0.3) is 0 Å². The number of hydrogen-bond acceptors (Lipinski definition) is 6. The van der Waals surface area contributed by atoms with Crippen molar-refractivity contribution in [1.29, 1.82) is 0 Å². The highest BCUT2D eigenvalue weighted by Crippen LogP contribution is 2.26. The first kappa shape index (κ1) is 15.9. The lowest BCUT2D eigenvalue weighted by Gasteiger charge is -2.00. The molecule has 6 heteroatoms. The van der Waals surface area contributed by atoms with Gasteiger partial charge in [-0.3, -0.25) is 0 Å². The average Bonchev–Trinajstić information content (AvgIpc) is 3.00. The lowest BCUT2D eigenvalue weighted by Crippen LogP contribution is -2.09. The zero-order valence-electron chi connectivity index (χ0n) is 13.2. The molecule has 0 bridgehead atoms. The van der Waals surface area contributed by atoms with Crippen LogP contribution in [0.4, 0.5) is 0 Å². The fourth-order valence-electron chi connectivity index (χ4n) is 2.38. The first-order valence-corrected chi connectivity index (χ1v) is 7.63. The summed E-state index contributed by atoms with van der Waals surface area (Å²) in [5.41, 5.74) is 3.15. The van der Waals surface area contributed by atoms with Crippen molar-refractivity contribution in [2.24, 2.45) is 5.90 Å². The molecule has 1 heterocycles. The normalized spacial score (nSPS) is 13.9. The molecule has 3 rings (SSSR count). The van der Waals surface area contributed by atoms with Crippen LogP contribution in [0.25, 0.3) is 17.0 Å². The van der Waals surface area contributed by atoms with Crippen molar-refractivity contribution in [3.63, 3.8) is 0 Å². The molecule has 2 N–H and O–H groups in total. The zero-order valence-corrected chi connectivity index (χ0v) is 13.2. The van der Waals surface area contributed by atoms with Crippen molar-refractivity contribution in [3.05, 3.63) is 65.6 Å². The molecule has 0 atom stereocenters. The summed E-state index contributed by atoms with van der Waals surface area (Å²) in [7, 11) is 0. The molecule has 0 fully saturated rings. The Morgan fingerprint density at radius 1 is 1.29 bits per heavy atom. The second kappa shape index (κ2) is 7.06. The van der Waals surface area contributed by atoms with Gasteiger partial charge in [0.15, 0.2) is 0 Å². The van der Waals surface area contributed by atoms with Crippen LogP contribution in [0.3, 0.4) is 0 Å². The molecule has 0 saturated heterocycles. The second-order valence-electron chi connectivity index (χ2n) is 5.29. The Bertz CT molecular complexity index is 847. The molecular weight excluding hydrogens is 306 g/mol. The summed E-state index contributed by atoms with van der Waals surface area (Å²) >= 11 is 0. The Morgan fingerprint density at radius 3 is 2.92 bits per heavy atom. The third-order valence-corrected chi connectivity index (χ3v) is 3.73. The van der Waals surface area contributed by atoms with Gasteiger partial charge in [-0.05, 0) is 36.6 Å². The Labute approximate surface area is 139 Å². The molecule has 0 aliphatic heterocycles. The fraction of sp³-hybridized carbons (Fsp3) is 0.167. The number of aromatic nitrogens is 2. The van der Waals surface area contributed by atoms with Gasteiger partial charge in [-0.25, -0.2) is 4.79 Å². The Kier molecular flexibility index (Phi) is 4.67. The summed E-state index contributed by atoms with van der Waals surface area (Å²) in [5.74, 6) is 5.10. The summed E-state index contributed by atoms with van der Waals surface area (Å²) in [6.07, 6.45) is 9.93. The summed E-state index contributed by atoms with van der Waals surface area (Å²) in [6, 6.07) is 6.69. The predicted octanol–water partition coefficient (Wildman–Crippen LogP) is 3.45. The summed E-state index contributed by atoms with van der Waals surface area (Å²) < 4.78 is 5.76. The SMILES string of the molecule is CCC1=CC=C(c2nnc(-c3cccc(C(=O)ON)c3)o2)CC=C1. The van der Waals surface area contributed by atoms with Gasteiger partial charge in [-0.1, -0.05) is 37.3 Å². The van der Waals surface area contributed by atoms with Crippen LogP contribution in [0, 0.1) is 0 Å². The highest BCUT2D eigenvalue weighted by molar-refractivity contribution is 5.90. The summed E-state index contributed by atoms with van der Waals surface area (Å²) in [5, 5.41) is 8.19. The first-order valence-electron chi connectivity index (χ1n) is 7.63. The van der Waals surface area contributed by atoms with Gasteiger partial charge >= 0.3 is 5.97 Å². The number of allylic oxidation sites excluding steroid dienone is 6. The van der Waals surface area contributed by atoms with E-state index in [4.69, 9.17) is 10.3 Å². The van der Waals surface area contributed by atoms with Crippen molar-refractivity contribution >= 4 is 11.5 Å². The van der Waals surface area contributed by atoms with Crippen LogP contribution in [0.1, 0.15) is 36.0 Å². The number of carbonyl (C=O) groups is 1. The van der Waals surface area contributed by atoms with E-state index in [9.17, 15) is 4.79 Å². The van der Waals surface area contributed by atoms with E-state index in [0.29, 0.717) is 22.9 Å². The van der Waals surface area contributed by atoms with E-state index in [2.05, 4.69) is 40.2 Å². The Morgan fingerprint density at radius 2 is 2.12 bits per heavy atom. The third-order valence-electron chi connectivity index (χ3n) is 3.73. The minimum Gasteiger partial charge on any atom is -0.416 e. The molecule has 1 aromatic heterocycles. The quantitative estimate of drug-likeness (QED) is 0.867. The molecule has 1 aromatic carbocycles. The first-order chi connectivity index (χ1) is 11.7. The van der Waals surface area contributed by atoms with E-state index in [1.807, 2.05) is 6.08 Å². The monoisotopic (exact) mass is 323 g/mol. The molecule has 2 aromatic rings. The van der Waals surface area contributed by atoms with Crippen LogP contribution >= 0.6 is 0 Å². The minimum absolute atomic E-state index is 0.321. The van der Waals surface area contributed by atoms with Gasteiger partial charge in [0, 0.05) is 11.1 Å². The molecule has 6 nitrogen and oxygen atoms in total. The molecule has 0 radical (unpaired) electrons. The second-order valence-corrected chi connectivity index (χ2v) is 5.29. The van der Waals surface area contributed by atoms with Crippen LogP contribution < -0.4 is 5.90 Å².